The van der Waals surface area contributed by atoms with Crippen LogP contribution in [0.15, 0.2) is 66.5 Å². The molecule has 3 aliphatic rings. The van der Waals surface area contributed by atoms with E-state index in [1.807, 2.05) is 31.3 Å². The van der Waals surface area contributed by atoms with E-state index in [0.29, 0.717) is 12.0 Å². The van der Waals surface area contributed by atoms with E-state index in [2.05, 4.69) is 66.8 Å². The zero-order valence-electron chi connectivity index (χ0n) is 20.3. The van der Waals surface area contributed by atoms with E-state index >= 15 is 0 Å². The van der Waals surface area contributed by atoms with Crippen LogP contribution in [0, 0.1) is 11.8 Å². The van der Waals surface area contributed by atoms with Crippen molar-refractivity contribution in [2.45, 2.75) is 31.8 Å². The van der Waals surface area contributed by atoms with Gasteiger partial charge in [0, 0.05) is 44.6 Å². The fourth-order valence-electron chi connectivity index (χ4n) is 5.38. The lowest BCUT2D eigenvalue weighted by molar-refractivity contribution is 0.468. The Kier molecular flexibility index (Phi) is 6.33. The number of nitrogens with one attached hydrogen (secondary N) is 2. The van der Waals surface area contributed by atoms with Gasteiger partial charge in [0.1, 0.15) is 5.82 Å². The minimum absolute atomic E-state index is 0.190. The molecule has 1 aliphatic carbocycles. The normalized spacial score (nSPS) is 25.9. The lowest BCUT2D eigenvalue weighted by Crippen LogP contribution is -2.29. The Morgan fingerprint density at radius 1 is 1.24 bits per heavy atom. The summed E-state index contributed by atoms with van der Waals surface area (Å²) >= 11 is 0. The first kappa shape index (κ1) is 22.5. The van der Waals surface area contributed by atoms with Crippen LogP contribution in [0.25, 0.3) is 17.0 Å². The molecule has 176 valence electrons. The summed E-state index contributed by atoms with van der Waals surface area (Å²) in [6.07, 6.45) is 12.5. The van der Waals surface area contributed by atoms with E-state index in [0.717, 1.165) is 58.6 Å². The zero-order chi connectivity index (χ0) is 23.7. The minimum Gasteiger partial charge on any atom is -0.383 e. The highest BCUT2D eigenvalue weighted by atomic mass is 15.1. The van der Waals surface area contributed by atoms with Gasteiger partial charge in [0.05, 0.1) is 17.3 Å². The largest absolute Gasteiger partial charge is 0.383 e. The Morgan fingerprint density at radius 3 is 2.88 bits per heavy atom. The topological polar surface area (TPSA) is 65.4 Å². The Labute approximate surface area is 202 Å². The highest BCUT2D eigenvalue weighted by Crippen LogP contribution is 2.37. The lowest BCUT2D eigenvalue weighted by atomic mass is 9.97. The predicted octanol–water partition coefficient (Wildman–Crippen LogP) is 4.39. The van der Waals surface area contributed by atoms with E-state index in [9.17, 15) is 0 Å². The van der Waals surface area contributed by atoms with E-state index in [4.69, 9.17) is 15.0 Å². The monoisotopic (exact) mass is 454 g/mol. The standard InChI is InChI=1S/C28H34N6/c1-5-19(17-34(3)4)20-7-6-8-21(13-20)27-30-16-24(26-11-9-18(2)31-26)28(33-27)32-25-12-10-22-14-29-15-23(22)25/h5-9,11,13,16-18,22-23,25,29H,1,10,12,14-15H2,2-4H3,(H,30,32,33)/b19-17+. The number of hydrogen-bond acceptors (Lipinski definition) is 6. The molecule has 5 rings (SSSR count). The Balaban J connectivity index is 1.51. The van der Waals surface area contributed by atoms with Crippen LogP contribution in [0.1, 0.15) is 30.9 Å². The second-order valence-electron chi connectivity index (χ2n) is 9.81. The first-order valence-electron chi connectivity index (χ1n) is 12.2. The van der Waals surface area contributed by atoms with Crippen LogP contribution in [-0.4, -0.2) is 59.8 Å². The molecule has 0 radical (unpaired) electrons. The van der Waals surface area contributed by atoms with Crippen LogP contribution in [0.4, 0.5) is 5.82 Å². The maximum atomic E-state index is 5.06. The molecular weight excluding hydrogens is 420 g/mol. The molecule has 4 unspecified atom stereocenters. The average molecular weight is 455 g/mol. The molecule has 0 bridgehead atoms. The molecule has 6 heteroatoms. The number of nitrogens with zero attached hydrogens (tertiary/aromatic N) is 4. The number of allylic oxidation sites excluding steroid dienone is 3. The van der Waals surface area contributed by atoms with Gasteiger partial charge in [0.25, 0.3) is 0 Å². The lowest BCUT2D eigenvalue weighted by Gasteiger charge is -2.22. The molecule has 34 heavy (non-hydrogen) atoms. The fraction of sp³-hybridized carbons (Fsp3) is 0.393. The molecule has 2 N–H and O–H groups in total. The van der Waals surface area contributed by atoms with Crippen molar-refractivity contribution in [3.8, 4) is 11.4 Å². The van der Waals surface area contributed by atoms with Crippen LogP contribution in [-0.2, 0) is 0 Å². The van der Waals surface area contributed by atoms with Crippen LogP contribution in [0.2, 0.25) is 0 Å². The zero-order valence-corrected chi connectivity index (χ0v) is 20.3. The van der Waals surface area contributed by atoms with Gasteiger partial charge in [-0.1, -0.05) is 36.9 Å². The van der Waals surface area contributed by atoms with Crippen LogP contribution in [0.3, 0.4) is 0 Å². The molecule has 2 fully saturated rings. The summed E-state index contributed by atoms with van der Waals surface area (Å²) in [7, 11) is 4.03. The second-order valence-corrected chi connectivity index (χ2v) is 9.81. The third kappa shape index (κ3) is 4.55. The number of aliphatic imine (C=N–C) groups is 1. The molecule has 2 aliphatic heterocycles. The predicted molar refractivity (Wildman–Crippen MR) is 141 cm³/mol. The smallest absolute Gasteiger partial charge is 0.161 e. The summed E-state index contributed by atoms with van der Waals surface area (Å²) in [5.74, 6) is 3.03. The Morgan fingerprint density at radius 2 is 2.12 bits per heavy atom. The number of rotatable bonds is 7. The maximum Gasteiger partial charge on any atom is 0.161 e. The van der Waals surface area contributed by atoms with Gasteiger partial charge in [-0.3, -0.25) is 4.99 Å². The first-order chi connectivity index (χ1) is 16.5. The Hall–Kier alpha value is -3.25. The summed E-state index contributed by atoms with van der Waals surface area (Å²) in [6, 6.07) is 8.97. The van der Waals surface area contributed by atoms with Gasteiger partial charge in [-0.15, -0.1) is 0 Å². The van der Waals surface area contributed by atoms with E-state index < -0.39 is 0 Å². The number of benzene rings is 1. The van der Waals surface area contributed by atoms with Crippen LogP contribution >= 0.6 is 0 Å². The van der Waals surface area contributed by atoms with Crippen molar-refractivity contribution in [3.05, 3.63) is 72.6 Å². The van der Waals surface area contributed by atoms with Gasteiger partial charge in [-0.05, 0) is 61.4 Å². The fourth-order valence-corrected chi connectivity index (χ4v) is 5.38. The molecule has 0 amide bonds. The second kappa shape index (κ2) is 9.55. The van der Waals surface area contributed by atoms with Gasteiger partial charge in [-0.25, -0.2) is 9.97 Å². The minimum atomic E-state index is 0.190. The van der Waals surface area contributed by atoms with Crippen molar-refractivity contribution in [1.29, 1.82) is 0 Å². The van der Waals surface area contributed by atoms with Crippen molar-refractivity contribution in [1.82, 2.24) is 20.2 Å². The Bertz CT molecular complexity index is 1160. The van der Waals surface area contributed by atoms with Crippen LogP contribution in [0.5, 0.6) is 0 Å². The summed E-state index contributed by atoms with van der Waals surface area (Å²) < 4.78 is 0. The molecule has 6 nitrogen and oxygen atoms in total. The first-order valence-corrected chi connectivity index (χ1v) is 12.2. The molecule has 0 spiro atoms. The molecule has 2 aromatic rings. The molecule has 1 aromatic carbocycles. The van der Waals surface area contributed by atoms with Gasteiger partial charge in [0.2, 0.25) is 0 Å². The van der Waals surface area contributed by atoms with Crippen molar-refractivity contribution < 1.29 is 0 Å². The van der Waals surface area contributed by atoms with Crippen molar-refractivity contribution in [2.75, 3.05) is 32.5 Å². The maximum absolute atomic E-state index is 5.06. The van der Waals surface area contributed by atoms with E-state index in [1.54, 1.807) is 0 Å². The average Bonchev–Trinajstić information content (AvgIpc) is 3.56. The molecule has 4 atom stereocenters. The quantitative estimate of drug-likeness (QED) is 0.608. The van der Waals surface area contributed by atoms with Crippen LogP contribution < -0.4 is 10.6 Å². The van der Waals surface area contributed by atoms with Gasteiger partial charge >= 0.3 is 0 Å². The third-order valence-electron chi connectivity index (χ3n) is 7.09. The molecule has 1 saturated carbocycles. The van der Waals surface area contributed by atoms with Gasteiger partial charge in [-0.2, -0.15) is 0 Å². The van der Waals surface area contributed by atoms with Crippen molar-refractivity contribution in [3.63, 3.8) is 0 Å². The van der Waals surface area contributed by atoms with Gasteiger partial charge < -0.3 is 15.5 Å². The number of anilines is 1. The molecular formula is C28H34N6. The van der Waals surface area contributed by atoms with Gasteiger partial charge in [0.15, 0.2) is 5.82 Å². The third-order valence-corrected chi connectivity index (χ3v) is 7.09. The SMILES string of the molecule is C=C/C(=C\N(C)C)c1cccc(-c2ncc(C3=NC(C)C=C3)c(NC3CCC4CNCC43)n2)c1. The highest BCUT2D eigenvalue weighted by molar-refractivity contribution is 6.12. The number of aromatic nitrogens is 2. The summed E-state index contributed by atoms with van der Waals surface area (Å²) in [5.41, 5.74) is 5.08. The summed E-state index contributed by atoms with van der Waals surface area (Å²) in [4.78, 5) is 16.7. The molecule has 3 heterocycles. The highest BCUT2D eigenvalue weighted by Gasteiger charge is 2.39. The van der Waals surface area contributed by atoms with E-state index in [-0.39, 0.29) is 6.04 Å². The number of hydrogen-bond donors (Lipinski definition) is 2. The molecule has 1 saturated heterocycles. The molecule has 1 aromatic heterocycles. The van der Waals surface area contributed by atoms with E-state index in [1.165, 1.54) is 12.8 Å². The number of fused-ring (bicyclic) bond motifs is 1. The van der Waals surface area contributed by atoms with Crippen molar-refractivity contribution in [2.24, 2.45) is 16.8 Å². The summed E-state index contributed by atoms with van der Waals surface area (Å²) in [6.45, 7) is 8.31. The van der Waals surface area contributed by atoms with Crippen molar-refractivity contribution >= 4 is 17.1 Å². The summed E-state index contributed by atoms with van der Waals surface area (Å²) in [5, 5.41) is 7.38.